The van der Waals surface area contributed by atoms with E-state index >= 15 is 0 Å². The molecule has 3 rings (SSSR count). The second-order valence-electron chi connectivity index (χ2n) is 5.81. The molecule has 110 valence electrons. The Morgan fingerprint density at radius 1 is 1.20 bits per heavy atom. The molecule has 0 bridgehead atoms. The van der Waals surface area contributed by atoms with Crippen molar-refractivity contribution in [1.82, 2.24) is 5.32 Å². The van der Waals surface area contributed by atoms with Crippen LogP contribution in [0, 0.1) is 17.8 Å². The number of benzene rings is 1. The number of methoxy groups -OCH3 is 2. The predicted molar refractivity (Wildman–Crippen MR) is 83.4 cm³/mol. The van der Waals surface area contributed by atoms with Crippen molar-refractivity contribution in [2.24, 2.45) is 17.8 Å². The standard InChI is InChI=1S/C16H22BrNO2/c1-18-15(13-9-5-4-6-10(9)13)11-7-8-12(19-2)14(17)16(11)20-3/h7-10,13,15,18H,4-6H2,1-3H3. The van der Waals surface area contributed by atoms with Gasteiger partial charge in [-0.3, -0.25) is 0 Å². The largest absolute Gasteiger partial charge is 0.495 e. The third-order valence-electron chi connectivity index (χ3n) is 5.02. The summed E-state index contributed by atoms with van der Waals surface area (Å²) in [6.07, 6.45) is 4.20. The monoisotopic (exact) mass is 339 g/mol. The molecule has 0 aliphatic heterocycles. The number of nitrogens with one attached hydrogen (secondary N) is 1. The molecule has 20 heavy (non-hydrogen) atoms. The minimum absolute atomic E-state index is 0.377. The van der Waals surface area contributed by atoms with Crippen LogP contribution in [0.5, 0.6) is 11.5 Å². The van der Waals surface area contributed by atoms with Crippen molar-refractivity contribution in [3.8, 4) is 11.5 Å². The number of halogens is 1. The second-order valence-corrected chi connectivity index (χ2v) is 6.60. The minimum atomic E-state index is 0.377. The van der Waals surface area contributed by atoms with Gasteiger partial charge in [-0.2, -0.15) is 0 Å². The van der Waals surface area contributed by atoms with E-state index in [0.717, 1.165) is 33.7 Å². The van der Waals surface area contributed by atoms with E-state index in [-0.39, 0.29) is 0 Å². The number of rotatable bonds is 5. The molecular weight excluding hydrogens is 318 g/mol. The van der Waals surface area contributed by atoms with Gasteiger partial charge in [0.15, 0.2) is 0 Å². The fourth-order valence-corrected chi connectivity index (χ4v) is 4.77. The SMILES string of the molecule is CNC(c1ccc(OC)c(Br)c1OC)C1C2CCCC21. The first kappa shape index (κ1) is 14.2. The highest BCUT2D eigenvalue weighted by Crippen LogP contribution is 2.63. The van der Waals surface area contributed by atoms with E-state index in [4.69, 9.17) is 9.47 Å². The molecular formula is C16H22BrNO2. The van der Waals surface area contributed by atoms with E-state index in [0.29, 0.717) is 6.04 Å². The number of ether oxygens (including phenoxy) is 2. The van der Waals surface area contributed by atoms with E-state index in [9.17, 15) is 0 Å². The first-order valence-electron chi connectivity index (χ1n) is 7.30. The van der Waals surface area contributed by atoms with Crippen LogP contribution in [0.4, 0.5) is 0 Å². The average molecular weight is 340 g/mol. The van der Waals surface area contributed by atoms with Gasteiger partial charge in [-0.25, -0.2) is 0 Å². The van der Waals surface area contributed by atoms with Crippen LogP contribution < -0.4 is 14.8 Å². The van der Waals surface area contributed by atoms with Crippen LogP contribution in [-0.2, 0) is 0 Å². The number of fused-ring (bicyclic) bond motifs is 1. The molecule has 3 unspecified atom stereocenters. The second kappa shape index (κ2) is 5.57. The molecule has 2 aliphatic carbocycles. The molecule has 2 fully saturated rings. The highest BCUT2D eigenvalue weighted by atomic mass is 79.9. The summed E-state index contributed by atoms with van der Waals surface area (Å²) in [5, 5.41) is 3.51. The zero-order valence-corrected chi connectivity index (χ0v) is 13.9. The Balaban J connectivity index is 1.93. The minimum Gasteiger partial charge on any atom is -0.495 e. The Morgan fingerprint density at radius 2 is 1.90 bits per heavy atom. The van der Waals surface area contributed by atoms with Gasteiger partial charge in [-0.15, -0.1) is 0 Å². The van der Waals surface area contributed by atoms with Crippen LogP contribution in [-0.4, -0.2) is 21.3 Å². The van der Waals surface area contributed by atoms with Crippen molar-refractivity contribution in [2.45, 2.75) is 25.3 Å². The molecule has 0 radical (unpaired) electrons. The first-order chi connectivity index (χ1) is 9.72. The smallest absolute Gasteiger partial charge is 0.141 e. The molecule has 1 aromatic carbocycles. The fraction of sp³-hybridized carbons (Fsp3) is 0.625. The summed E-state index contributed by atoms with van der Waals surface area (Å²) < 4.78 is 11.9. The lowest BCUT2D eigenvalue weighted by molar-refractivity contribution is 0.370. The molecule has 0 spiro atoms. The maximum atomic E-state index is 5.63. The molecule has 0 heterocycles. The molecule has 3 atom stereocenters. The van der Waals surface area contributed by atoms with Gasteiger partial charge in [0, 0.05) is 11.6 Å². The van der Waals surface area contributed by atoms with Gasteiger partial charge in [-0.1, -0.05) is 6.42 Å². The van der Waals surface area contributed by atoms with E-state index in [1.54, 1.807) is 14.2 Å². The Kier molecular flexibility index (Phi) is 3.95. The summed E-state index contributed by atoms with van der Waals surface area (Å²) in [5.74, 6) is 4.31. The normalized spacial score (nSPS) is 28.9. The highest BCUT2D eigenvalue weighted by Gasteiger charge is 2.56. The van der Waals surface area contributed by atoms with Crippen LogP contribution in [0.25, 0.3) is 0 Å². The molecule has 0 amide bonds. The Labute approximate surface area is 129 Å². The van der Waals surface area contributed by atoms with Crippen LogP contribution in [0.15, 0.2) is 16.6 Å². The van der Waals surface area contributed by atoms with Crippen LogP contribution >= 0.6 is 15.9 Å². The molecule has 4 heteroatoms. The topological polar surface area (TPSA) is 30.5 Å². The van der Waals surface area contributed by atoms with Gasteiger partial charge in [0.1, 0.15) is 16.0 Å². The quantitative estimate of drug-likeness (QED) is 0.885. The van der Waals surface area contributed by atoms with E-state index < -0.39 is 0 Å². The van der Waals surface area contributed by atoms with Crippen molar-refractivity contribution < 1.29 is 9.47 Å². The molecule has 1 N–H and O–H groups in total. The summed E-state index contributed by atoms with van der Waals surface area (Å²) in [7, 11) is 5.46. The van der Waals surface area contributed by atoms with Crippen molar-refractivity contribution in [3.63, 3.8) is 0 Å². The van der Waals surface area contributed by atoms with Crippen LogP contribution in [0.1, 0.15) is 30.9 Å². The van der Waals surface area contributed by atoms with Gasteiger partial charge in [0.25, 0.3) is 0 Å². The number of hydrogen-bond donors (Lipinski definition) is 1. The maximum absolute atomic E-state index is 5.63. The van der Waals surface area contributed by atoms with Gasteiger partial charge < -0.3 is 14.8 Å². The molecule has 0 saturated heterocycles. The third-order valence-corrected chi connectivity index (χ3v) is 5.77. The predicted octanol–water partition coefficient (Wildman–Crippen LogP) is 3.77. The molecule has 2 aliphatic rings. The number of hydrogen-bond acceptors (Lipinski definition) is 3. The average Bonchev–Trinajstić information content (AvgIpc) is 2.93. The van der Waals surface area contributed by atoms with Gasteiger partial charge in [-0.05, 0) is 65.7 Å². The summed E-state index contributed by atoms with van der Waals surface area (Å²) in [5.41, 5.74) is 1.24. The highest BCUT2D eigenvalue weighted by molar-refractivity contribution is 9.10. The lowest BCUT2D eigenvalue weighted by Gasteiger charge is -2.22. The van der Waals surface area contributed by atoms with Crippen LogP contribution in [0.2, 0.25) is 0 Å². The lowest BCUT2D eigenvalue weighted by atomic mass is 9.96. The summed E-state index contributed by atoms with van der Waals surface area (Å²) in [6, 6.07) is 4.53. The van der Waals surface area contributed by atoms with Gasteiger partial charge in [0.05, 0.1) is 14.2 Å². The Morgan fingerprint density at radius 3 is 2.45 bits per heavy atom. The Bertz CT molecular complexity index is 495. The van der Waals surface area contributed by atoms with Crippen molar-refractivity contribution in [2.75, 3.05) is 21.3 Å². The first-order valence-corrected chi connectivity index (χ1v) is 8.09. The van der Waals surface area contributed by atoms with Crippen LogP contribution in [0.3, 0.4) is 0 Å². The molecule has 3 nitrogen and oxygen atoms in total. The Hall–Kier alpha value is -0.740. The zero-order chi connectivity index (χ0) is 14.3. The van der Waals surface area contributed by atoms with Crippen molar-refractivity contribution >= 4 is 15.9 Å². The summed E-state index contributed by atoms with van der Waals surface area (Å²) >= 11 is 3.60. The van der Waals surface area contributed by atoms with Gasteiger partial charge >= 0.3 is 0 Å². The van der Waals surface area contributed by atoms with E-state index in [1.807, 2.05) is 6.07 Å². The van der Waals surface area contributed by atoms with E-state index in [2.05, 4.69) is 34.4 Å². The summed E-state index contributed by atoms with van der Waals surface area (Å²) in [4.78, 5) is 0. The van der Waals surface area contributed by atoms with E-state index in [1.165, 1.54) is 24.8 Å². The fourth-order valence-electron chi connectivity index (χ4n) is 4.09. The third kappa shape index (κ3) is 2.13. The molecule has 1 aromatic rings. The van der Waals surface area contributed by atoms with Crippen molar-refractivity contribution in [3.05, 3.63) is 22.2 Å². The molecule has 0 aromatic heterocycles. The van der Waals surface area contributed by atoms with Gasteiger partial charge in [0.2, 0.25) is 0 Å². The zero-order valence-electron chi connectivity index (χ0n) is 12.3. The molecule has 2 saturated carbocycles. The summed E-state index contributed by atoms with van der Waals surface area (Å²) in [6.45, 7) is 0. The maximum Gasteiger partial charge on any atom is 0.141 e. The van der Waals surface area contributed by atoms with Crippen molar-refractivity contribution in [1.29, 1.82) is 0 Å². The lowest BCUT2D eigenvalue weighted by Crippen LogP contribution is -2.21.